The molecule has 0 fully saturated rings. The molecule has 0 amide bonds. The van der Waals surface area contributed by atoms with E-state index >= 15 is 0 Å². The Labute approximate surface area is 115 Å². The normalized spacial score (nSPS) is 14.1. The molecule has 0 saturated carbocycles. The standard InChI is InChI=1S/C14H17F3OS/c15-9-8-13(17)12(16)7-4-10-19-14(18)11-5-2-1-3-6-11/h1-3,5-6,12-13H,4,7-10H2. The fraction of sp³-hybridized carbons (Fsp3) is 0.500. The molecule has 1 nitrogen and oxygen atoms in total. The largest absolute Gasteiger partial charge is 0.282 e. The Bertz CT molecular complexity index is 372. The summed E-state index contributed by atoms with van der Waals surface area (Å²) in [5, 5.41) is -0.0726. The first-order valence-corrected chi connectivity index (χ1v) is 7.20. The third-order valence-corrected chi connectivity index (χ3v) is 3.63. The number of carbonyl (C=O) groups excluding carboxylic acids is 1. The monoisotopic (exact) mass is 290 g/mol. The molecule has 0 aliphatic rings. The van der Waals surface area contributed by atoms with Crippen molar-refractivity contribution in [2.45, 2.75) is 31.6 Å². The van der Waals surface area contributed by atoms with E-state index in [1.807, 2.05) is 6.07 Å². The van der Waals surface area contributed by atoms with Crippen molar-refractivity contribution in [1.82, 2.24) is 0 Å². The summed E-state index contributed by atoms with van der Waals surface area (Å²) in [5.74, 6) is 0.441. The van der Waals surface area contributed by atoms with E-state index in [4.69, 9.17) is 0 Å². The fourth-order valence-electron chi connectivity index (χ4n) is 1.57. The van der Waals surface area contributed by atoms with Gasteiger partial charge in [0.25, 0.3) is 0 Å². The first-order valence-electron chi connectivity index (χ1n) is 6.21. The number of benzene rings is 1. The van der Waals surface area contributed by atoms with Crippen molar-refractivity contribution in [3.05, 3.63) is 35.9 Å². The van der Waals surface area contributed by atoms with Gasteiger partial charge in [0.2, 0.25) is 5.12 Å². The molecule has 106 valence electrons. The van der Waals surface area contributed by atoms with E-state index in [2.05, 4.69) is 0 Å². The van der Waals surface area contributed by atoms with Gasteiger partial charge in [-0.1, -0.05) is 42.1 Å². The summed E-state index contributed by atoms with van der Waals surface area (Å²) in [7, 11) is 0. The topological polar surface area (TPSA) is 17.1 Å². The molecule has 0 spiro atoms. The van der Waals surface area contributed by atoms with Crippen LogP contribution in [0.2, 0.25) is 0 Å². The van der Waals surface area contributed by atoms with Gasteiger partial charge in [0, 0.05) is 17.7 Å². The van der Waals surface area contributed by atoms with Gasteiger partial charge in [0.15, 0.2) is 0 Å². The third kappa shape index (κ3) is 6.14. The smallest absolute Gasteiger partial charge is 0.219 e. The minimum Gasteiger partial charge on any atom is -0.282 e. The summed E-state index contributed by atoms with van der Waals surface area (Å²) >= 11 is 1.09. The van der Waals surface area contributed by atoms with Crippen LogP contribution in [0.5, 0.6) is 0 Å². The van der Waals surface area contributed by atoms with Gasteiger partial charge in [0.05, 0.1) is 6.67 Å². The average molecular weight is 290 g/mol. The molecule has 2 unspecified atom stereocenters. The van der Waals surface area contributed by atoms with Crippen LogP contribution >= 0.6 is 11.8 Å². The van der Waals surface area contributed by atoms with Gasteiger partial charge in [-0.05, 0) is 12.8 Å². The van der Waals surface area contributed by atoms with Crippen LogP contribution in [0, 0.1) is 0 Å². The van der Waals surface area contributed by atoms with E-state index in [1.54, 1.807) is 24.3 Å². The van der Waals surface area contributed by atoms with Crippen molar-refractivity contribution in [3.63, 3.8) is 0 Å². The summed E-state index contributed by atoms with van der Waals surface area (Å²) < 4.78 is 38.0. The summed E-state index contributed by atoms with van der Waals surface area (Å²) in [4.78, 5) is 11.7. The van der Waals surface area contributed by atoms with Crippen LogP contribution in [-0.2, 0) is 0 Å². The quantitative estimate of drug-likeness (QED) is 0.661. The van der Waals surface area contributed by atoms with Gasteiger partial charge >= 0.3 is 0 Å². The number of hydrogen-bond donors (Lipinski definition) is 0. The maximum Gasteiger partial charge on any atom is 0.219 e. The van der Waals surface area contributed by atoms with Crippen LogP contribution in [0.4, 0.5) is 13.2 Å². The van der Waals surface area contributed by atoms with E-state index in [0.29, 0.717) is 17.7 Å². The molecule has 0 N–H and O–H groups in total. The Hall–Kier alpha value is -0.970. The highest BCUT2D eigenvalue weighted by Gasteiger charge is 2.19. The van der Waals surface area contributed by atoms with E-state index in [0.717, 1.165) is 11.8 Å². The second-order valence-corrected chi connectivity index (χ2v) is 5.22. The molecule has 0 aromatic heterocycles. The molecule has 2 atom stereocenters. The Morgan fingerprint density at radius 3 is 2.37 bits per heavy atom. The highest BCUT2D eigenvalue weighted by molar-refractivity contribution is 8.14. The Kier molecular flexibility index (Phi) is 7.63. The van der Waals surface area contributed by atoms with Crippen molar-refractivity contribution in [2.24, 2.45) is 0 Å². The lowest BCUT2D eigenvalue weighted by Gasteiger charge is -2.11. The van der Waals surface area contributed by atoms with E-state index in [1.165, 1.54) is 0 Å². The Morgan fingerprint density at radius 1 is 1.11 bits per heavy atom. The maximum atomic E-state index is 13.2. The molecule has 0 saturated heterocycles. The van der Waals surface area contributed by atoms with Crippen molar-refractivity contribution in [3.8, 4) is 0 Å². The molecule has 1 rings (SSSR count). The fourth-order valence-corrected chi connectivity index (χ4v) is 2.37. The molecule has 5 heteroatoms. The van der Waals surface area contributed by atoms with Crippen LogP contribution in [0.3, 0.4) is 0 Å². The Morgan fingerprint density at radius 2 is 1.74 bits per heavy atom. The molecule has 1 aromatic rings. The first kappa shape index (κ1) is 16.1. The minimum absolute atomic E-state index is 0.0240. The molecular weight excluding hydrogens is 273 g/mol. The van der Waals surface area contributed by atoms with Gasteiger partial charge in [-0.3, -0.25) is 9.18 Å². The second kappa shape index (κ2) is 9.02. The molecule has 0 bridgehead atoms. The van der Waals surface area contributed by atoms with Crippen molar-refractivity contribution >= 4 is 16.9 Å². The Balaban J connectivity index is 2.19. The van der Waals surface area contributed by atoms with Crippen LogP contribution in [0.25, 0.3) is 0 Å². The molecule has 0 heterocycles. The van der Waals surface area contributed by atoms with E-state index in [-0.39, 0.29) is 11.5 Å². The van der Waals surface area contributed by atoms with Crippen LogP contribution in [0.15, 0.2) is 30.3 Å². The van der Waals surface area contributed by atoms with Crippen molar-refractivity contribution in [1.29, 1.82) is 0 Å². The zero-order valence-corrected chi connectivity index (χ0v) is 11.3. The highest BCUT2D eigenvalue weighted by atomic mass is 32.2. The molecule has 0 aliphatic carbocycles. The van der Waals surface area contributed by atoms with Gasteiger partial charge in [-0.2, -0.15) is 0 Å². The zero-order valence-electron chi connectivity index (χ0n) is 10.5. The summed E-state index contributed by atoms with van der Waals surface area (Å²) in [6.07, 6.45) is -3.34. The van der Waals surface area contributed by atoms with Gasteiger partial charge < -0.3 is 0 Å². The second-order valence-electron chi connectivity index (χ2n) is 4.15. The lowest BCUT2D eigenvalue weighted by molar-refractivity contribution is 0.108. The lowest BCUT2D eigenvalue weighted by atomic mass is 10.1. The summed E-state index contributed by atoms with van der Waals surface area (Å²) in [6, 6.07) is 8.80. The first-order chi connectivity index (χ1) is 9.15. The summed E-state index contributed by atoms with van der Waals surface area (Å²) in [5.41, 5.74) is 0.602. The molecule has 19 heavy (non-hydrogen) atoms. The predicted octanol–water partition coefficient (Wildman–Crippen LogP) is 4.38. The number of carbonyl (C=O) groups is 1. The van der Waals surface area contributed by atoms with Gasteiger partial charge in [-0.15, -0.1) is 0 Å². The molecule has 0 aliphatic heterocycles. The number of rotatable bonds is 8. The highest BCUT2D eigenvalue weighted by Crippen LogP contribution is 2.18. The third-order valence-electron chi connectivity index (χ3n) is 2.64. The number of thioether (sulfide) groups is 1. The van der Waals surface area contributed by atoms with Gasteiger partial charge in [-0.25, -0.2) is 8.78 Å². The van der Waals surface area contributed by atoms with Crippen LogP contribution in [-0.4, -0.2) is 29.9 Å². The predicted molar refractivity (Wildman–Crippen MR) is 72.8 cm³/mol. The molecule has 1 aromatic carbocycles. The minimum atomic E-state index is -1.74. The van der Waals surface area contributed by atoms with E-state index < -0.39 is 25.4 Å². The van der Waals surface area contributed by atoms with Crippen molar-refractivity contribution in [2.75, 3.05) is 12.4 Å². The number of alkyl halides is 3. The van der Waals surface area contributed by atoms with Gasteiger partial charge in [0.1, 0.15) is 12.3 Å². The zero-order chi connectivity index (χ0) is 14.1. The number of hydrogen-bond acceptors (Lipinski definition) is 2. The summed E-state index contributed by atoms with van der Waals surface area (Å²) in [6.45, 7) is -0.844. The average Bonchev–Trinajstić information content (AvgIpc) is 2.44. The number of halogens is 3. The maximum absolute atomic E-state index is 13.2. The van der Waals surface area contributed by atoms with Crippen LogP contribution in [0.1, 0.15) is 29.6 Å². The molecule has 0 radical (unpaired) electrons. The van der Waals surface area contributed by atoms with Crippen LogP contribution < -0.4 is 0 Å². The lowest BCUT2D eigenvalue weighted by Crippen LogP contribution is -2.18. The van der Waals surface area contributed by atoms with E-state index in [9.17, 15) is 18.0 Å². The molecular formula is C14H17F3OS. The SMILES string of the molecule is O=C(SCCCC(F)C(F)CCF)c1ccccc1. The van der Waals surface area contributed by atoms with Crippen molar-refractivity contribution < 1.29 is 18.0 Å².